The Balaban J connectivity index is 1.96. The Hall–Kier alpha value is -2.30. The van der Waals surface area contributed by atoms with E-state index in [1.165, 1.54) is 12.1 Å². The van der Waals surface area contributed by atoms with Gasteiger partial charge < -0.3 is 9.47 Å². The van der Waals surface area contributed by atoms with Crippen molar-refractivity contribution in [3.8, 4) is 11.5 Å². The quantitative estimate of drug-likeness (QED) is 0.648. The molecular formula is C14H12N2O6S2. The third-order valence-corrected chi connectivity index (χ3v) is 5.16. The monoisotopic (exact) mass is 368 g/mol. The van der Waals surface area contributed by atoms with Crippen LogP contribution in [0.1, 0.15) is 0 Å². The highest BCUT2D eigenvalue weighted by atomic mass is 32.2. The fourth-order valence-electron chi connectivity index (χ4n) is 2.12. The zero-order chi connectivity index (χ0) is 17.3. The van der Waals surface area contributed by atoms with Crippen molar-refractivity contribution in [1.29, 1.82) is 0 Å². The highest BCUT2D eigenvalue weighted by molar-refractivity contribution is 7.99. The van der Waals surface area contributed by atoms with Crippen molar-refractivity contribution in [2.45, 2.75) is 14.7 Å². The molecule has 1 aliphatic rings. The predicted octanol–water partition coefficient (Wildman–Crippen LogP) is 2.16. The first kappa shape index (κ1) is 16.6. The molecule has 1 aliphatic heterocycles. The maximum absolute atomic E-state index is 11.4. The summed E-state index contributed by atoms with van der Waals surface area (Å²) in [6.45, 7) is 0.907. The van der Waals surface area contributed by atoms with Crippen LogP contribution in [-0.2, 0) is 10.0 Å². The second-order valence-electron chi connectivity index (χ2n) is 4.84. The lowest BCUT2D eigenvalue weighted by Crippen LogP contribution is -2.15. The van der Waals surface area contributed by atoms with E-state index in [0.29, 0.717) is 34.5 Å². The molecule has 1 heterocycles. The summed E-state index contributed by atoms with van der Waals surface area (Å²) >= 11 is 1.12. The molecule has 2 aromatic rings. The Kier molecular flexibility index (Phi) is 4.35. The van der Waals surface area contributed by atoms with Crippen LogP contribution >= 0.6 is 11.8 Å². The number of primary sulfonamides is 1. The molecule has 0 saturated carbocycles. The van der Waals surface area contributed by atoms with Crippen LogP contribution in [-0.4, -0.2) is 26.6 Å². The second-order valence-corrected chi connectivity index (χ2v) is 7.52. The number of benzene rings is 2. The van der Waals surface area contributed by atoms with Crippen molar-refractivity contribution < 1.29 is 22.8 Å². The molecular weight excluding hydrogens is 356 g/mol. The number of fused-ring (bicyclic) bond motifs is 1. The largest absolute Gasteiger partial charge is 0.486 e. The van der Waals surface area contributed by atoms with E-state index in [1.54, 1.807) is 18.2 Å². The maximum Gasteiger partial charge on any atom is 0.284 e. The maximum atomic E-state index is 11.4. The molecule has 0 atom stereocenters. The Bertz CT molecular complexity index is 913. The first-order valence-electron chi connectivity index (χ1n) is 6.73. The van der Waals surface area contributed by atoms with Gasteiger partial charge in [0.25, 0.3) is 5.69 Å². The summed E-state index contributed by atoms with van der Waals surface area (Å²) < 4.78 is 33.6. The standard InChI is InChI=1S/C14H12N2O6S2/c15-24(19,20)10-2-4-14(11(8-10)16(17)18)23-9-1-3-12-13(7-9)22-6-5-21-12/h1-4,7-8H,5-6H2,(H2,15,19,20). The van der Waals surface area contributed by atoms with Crippen molar-refractivity contribution in [1.82, 2.24) is 0 Å². The molecule has 0 unspecified atom stereocenters. The number of nitro benzene ring substituents is 1. The average Bonchev–Trinajstić information content (AvgIpc) is 2.54. The molecule has 24 heavy (non-hydrogen) atoms. The first-order valence-corrected chi connectivity index (χ1v) is 9.09. The summed E-state index contributed by atoms with van der Waals surface area (Å²) in [5.41, 5.74) is -0.332. The van der Waals surface area contributed by atoms with Crippen LogP contribution in [0.2, 0.25) is 0 Å². The van der Waals surface area contributed by atoms with E-state index in [9.17, 15) is 18.5 Å². The molecule has 0 aromatic heterocycles. The lowest BCUT2D eigenvalue weighted by atomic mass is 10.3. The number of nitro groups is 1. The molecule has 3 rings (SSSR count). The summed E-state index contributed by atoms with van der Waals surface area (Å²) in [4.78, 5) is 11.3. The molecule has 0 fully saturated rings. The minimum absolute atomic E-state index is 0.295. The zero-order valence-electron chi connectivity index (χ0n) is 12.2. The summed E-state index contributed by atoms with van der Waals surface area (Å²) in [6, 6.07) is 8.74. The molecule has 8 nitrogen and oxygen atoms in total. The molecule has 2 aromatic carbocycles. The fraction of sp³-hybridized carbons (Fsp3) is 0.143. The van der Waals surface area contributed by atoms with Crippen LogP contribution in [0, 0.1) is 10.1 Å². The molecule has 2 N–H and O–H groups in total. The van der Waals surface area contributed by atoms with E-state index in [-0.39, 0.29) is 10.6 Å². The fourth-order valence-corrected chi connectivity index (χ4v) is 3.58. The van der Waals surface area contributed by atoms with E-state index in [1.807, 2.05) is 0 Å². The Labute approximate surface area is 141 Å². The van der Waals surface area contributed by atoms with E-state index in [4.69, 9.17) is 14.6 Å². The van der Waals surface area contributed by atoms with Crippen molar-refractivity contribution >= 4 is 27.5 Å². The number of rotatable bonds is 4. The lowest BCUT2D eigenvalue weighted by Gasteiger charge is -2.18. The minimum atomic E-state index is -4.01. The smallest absolute Gasteiger partial charge is 0.284 e. The Morgan fingerprint density at radius 2 is 1.79 bits per heavy atom. The number of sulfonamides is 1. The van der Waals surface area contributed by atoms with E-state index < -0.39 is 14.9 Å². The SMILES string of the molecule is NS(=O)(=O)c1ccc(Sc2ccc3c(c2)OCCO3)c([N+](=O)[O-])c1. The van der Waals surface area contributed by atoms with Gasteiger partial charge in [-0.3, -0.25) is 10.1 Å². The first-order chi connectivity index (χ1) is 11.3. The number of hydrogen-bond acceptors (Lipinski definition) is 7. The van der Waals surface area contributed by atoms with E-state index in [0.717, 1.165) is 17.8 Å². The Morgan fingerprint density at radius 1 is 1.08 bits per heavy atom. The number of ether oxygens (including phenoxy) is 2. The molecule has 10 heteroatoms. The van der Waals surface area contributed by atoms with Crippen molar-refractivity contribution in [3.05, 3.63) is 46.5 Å². The zero-order valence-corrected chi connectivity index (χ0v) is 13.8. The highest BCUT2D eigenvalue weighted by Gasteiger charge is 2.20. The van der Waals surface area contributed by atoms with Crippen molar-refractivity contribution in [2.24, 2.45) is 5.14 Å². The van der Waals surface area contributed by atoms with E-state index in [2.05, 4.69) is 0 Å². The van der Waals surface area contributed by atoms with Gasteiger partial charge in [0.1, 0.15) is 13.2 Å². The van der Waals surface area contributed by atoms with Crippen LogP contribution < -0.4 is 14.6 Å². The van der Waals surface area contributed by atoms with Crippen LogP contribution in [0.25, 0.3) is 0 Å². The van der Waals surface area contributed by atoms with Crippen molar-refractivity contribution in [2.75, 3.05) is 13.2 Å². The minimum Gasteiger partial charge on any atom is -0.486 e. The highest BCUT2D eigenvalue weighted by Crippen LogP contribution is 2.40. The predicted molar refractivity (Wildman–Crippen MR) is 86.0 cm³/mol. The van der Waals surface area contributed by atoms with Crippen molar-refractivity contribution in [3.63, 3.8) is 0 Å². The van der Waals surface area contributed by atoms with E-state index >= 15 is 0 Å². The second kappa shape index (κ2) is 6.30. The van der Waals surface area contributed by atoms with Crippen LogP contribution in [0.15, 0.2) is 51.1 Å². The topological polar surface area (TPSA) is 122 Å². The van der Waals surface area contributed by atoms with Gasteiger partial charge >= 0.3 is 0 Å². The lowest BCUT2D eigenvalue weighted by molar-refractivity contribution is -0.388. The van der Waals surface area contributed by atoms with Gasteiger partial charge in [-0.15, -0.1) is 0 Å². The third kappa shape index (κ3) is 3.45. The molecule has 0 saturated heterocycles. The molecule has 126 valence electrons. The van der Waals surface area contributed by atoms with Crippen LogP contribution in [0.5, 0.6) is 11.5 Å². The normalized spacial score (nSPS) is 13.5. The third-order valence-electron chi connectivity index (χ3n) is 3.20. The molecule has 0 amide bonds. The summed E-state index contributed by atoms with van der Waals surface area (Å²) in [5.74, 6) is 1.18. The number of hydrogen-bond donors (Lipinski definition) is 1. The summed E-state index contributed by atoms with van der Waals surface area (Å²) in [6.07, 6.45) is 0. The molecule has 0 spiro atoms. The summed E-state index contributed by atoms with van der Waals surface area (Å²) in [5, 5.41) is 16.3. The molecule has 0 bridgehead atoms. The van der Waals surface area contributed by atoms with Gasteiger partial charge in [-0.2, -0.15) is 0 Å². The average molecular weight is 368 g/mol. The van der Waals surface area contributed by atoms with Gasteiger partial charge in [0.2, 0.25) is 10.0 Å². The van der Waals surface area contributed by atoms with Gasteiger partial charge in [0, 0.05) is 11.0 Å². The molecule has 0 radical (unpaired) electrons. The number of nitrogens with two attached hydrogens (primary N) is 1. The van der Waals surface area contributed by atoms with Crippen LogP contribution in [0.3, 0.4) is 0 Å². The molecule has 0 aliphatic carbocycles. The van der Waals surface area contributed by atoms with Gasteiger partial charge in [-0.25, -0.2) is 13.6 Å². The summed E-state index contributed by atoms with van der Waals surface area (Å²) in [7, 11) is -4.01. The van der Waals surface area contributed by atoms with Gasteiger partial charge in [-0.05, 0) is 30.3 Å². The van der Waals surface area contributed by atoms with Crippen LogP contribution in [0.4, 0.5) is 5.69 Å². The van der Waals surface area contributed by atoms with Gasteiger partial charge in [0.15, 0.2) is 11.5 Å². The number of nitrogens with zero attached hydrogens (tertiary/aromatic N) is 1. The van der Waals surface area contributed by atoms with Gasteiger partial charge in [-0.1, -0.05) is 11.8 Å². The van der Waals surface area contributed by atoms with Gasteiger partial charge in [0.05, 0.1) is 14.7 Å². The Morgan fingerprint density at radius 3 is 2.46 bits per heavy atom.